The molecule has 98 valence electrons. The summed E-state index contributed by atoms with van der Waals surface area (Å²) in [5.41, 5.74) is -0.0997. The molecule has 2 aliphatic rings. The number of likely N-dealkylation sites (tertiary alicyclic amines) is 1. The molecule has 1 aliphatic heterocycles. The maximum absolute atomic E-state index is 12.7. The van der Waals surface area contributed by atoms with Crippen LogP contribution in [0.3, 0.4) is 0 Å². The van der Waals surface area contributed by atoms with Gasteiger partial charge in [0.25, 0.3) is 0 Å². The van der Waals surface area contributed by atoms with E-state index in [0.717, 1.165) is 32.2 Å². The molecule has 0 aromatic rings. The highest BCUT2D eigenvalue weighted by molar-refractivity contribution is 5.83. The van der Waals surface area contributed by atoms with E-state index >= 15 is 0 Å². The van der Waals surface area contributed by atoms with Gasteiger partial charge in [-0.05, 0) is 31.6 Å². The van der Waals surface area contributed by atoms with Gasteiger partial charge in [-0.2, -0.15) is 0 Å². The fourth-order valence-electron chi connectivity index (χ4n) is 3.61. The van der Waals surface area contributed by atoms with E-state index in [0.29, 0.717) is 11.8 Å². The molecule has 1 N–H and O–H groups in total. The largest absolute Gasteiger partial charge is 0.394 e. The third kappa shape index (κ3) is 2.10. The number of hydrogen-bond acceptors (Lipinski definition) is 2. The number of aliphatic hydroxyl groups excluding tert-OH is 1. The van der Waals surface area contributed by atoms with Gasteiger partial charge in [0.2, 0.25) is 5.91 Å². The Morgan fingerprint density at radius 1 is 1.41 bits per heavy atom. The third-order valence-corrected chi connectivity index (χ3v) is 5.02. The summed E-state index contributed by atoms with van der Waals surface area (Å²) < 4.78 is 0. The van der Waals surface area contributed by atoms with Crippen LogP contribution < -0.4 is 0 Å². The van der Waals surface area contributed by atoms with Crippen LogP contribution in [0.15, 0.2) is 0 Å². The first kappa shape index (κ1) is 12.9. The van der Waals surface area contributed by atoms with Crippen LogP contribution in [0.4, 0.5) is 0 Å². The average Bonchev–Trinajstić information content (AvgIpc) is 2.95. The Labute approximate surface area is 104 Å². The fraction of sp³-hybridized carbons (Fsp3) is 0.929. The summed E-state index contributed by atoms with van der Waals surface area (Å²) in [6.45, 7) is 5.23. The number of rotatable bonds is 3. The molecule has 2 fully saturated rings. The Morgan fingerprint density at radius 3 is 2.59 bits per heavy atom. The first-order valence-corrected chi connectivity index (χ1v) is 7.06. The van der Waals surface area contributed by atoms with Gasteiger partial charge in [0.05, 0.1) is 12.6 Å². The zero-order valence-electron chi connectivity index (χ0n) is 11.1. The summed E-state index contributed by atoms with van der Waals surface area (Å²) in [5, 5.41) is 9.46. The van der Waals surface area contributed by atoms with E-state index < -0.39 is 0 Å². The van der Waals surface area contributed by atoms with Crippen LogP contribution in [0.1, 0.15) is 52.4 Å². The topological polar surface area (TPSA) is 40.5 Å². The second-order valence-corrected chi connectivity index (χ2v) is 5.86. The van der Waals surface area contributed by atoms with Crippen molar-refractivity contribution in [3.8, 4) is 0 Å². The molecule has 2 unspecified atom stereocenters. The van der Waals surface area contributed by atoms with Crippen LogP contribution in [0.2, 0.25) is 0 Å². The zero-order chi connectivity index (χ0) is 12.5. The Bertz CT molecular complexity index is 284. The minimum absolute atomic E-state index is 0.0616. The van der Waals surface area contributed by atoms with E-state index in [1.807, 2.05) is 4.90 Å². The Morgan fingerprint density at radius 2 is 2.06 bits per heavy atom. The number of aliphatic hydroxyl groups is 1. The first-order valence-electron chi connectivity index (χ1n) is 7.06. The molecule has 3 nitrogen and oxygen atoms in total. The van der Waals surface area contributed by atoms with Gasteiger partial charge in [0.1, 0.15) is 0 Å². The third-order valence-electron chi connectivity index (χ3n) is 5.02. The van der Waals surface area contributed by atoms with Crippen molar-refractivity contribution < 1.29 is 9.90 Å². The Hall–Kier alpha value is -0.570. The molecule has 0 spiro atoms. The summed E-state index contributed by atoms with van der Waals surface area (Å²) in [6, 6.07) is 0.0616. The minimum Gasteiger partial charge on any atom is -0.394 e. The Balaban J connectivity index is 2.13. The number of carbonyl (C=O) groups excluding carboxylic acids is 1. The van der Waals surface area contributed by atoms with Crippen LogP contribution in [0.25, 0.3) is 0 Å². The molecule has 1 saturated heterocycles. The van der Waals surface area contributed by atoms with Crippen molar-refractivity contribution in [2.45, 2.75) is 58.4 Å². The lowest BCUT2D eigenvalue weighted by Crippen LogP contribution is -2.47. The SMILES string of the molecule is CCC1(C(=O)N2CCC(C)C2CO)CCCC1. The van der Waals surface area contributed by atoms with Crippen molar-refractivity contribution in [1.29, 1.82) is 0 Å². The lowest BCUT2D eigenvalue weighted by atomic mass is 9.81. The molecule has 1 heterocycles. The van der Waals surface area contributed by atoms with Gasteiger partial charge in [-0.1, -0.05) is 26.7 Å². The van der Waals surface area contributed by atoms with Crippen LogP contribution in [0.5, 0.6) is 0 Å². The van der Waals surface area contributed by atoms with Gasteiger partial charge in [-0.25, -0.2) is 0 Å². The molecule has 0 aromatic heterocycles. The Kier molecular flexibility index (Phi) is 3.76. The van der Waals surface area contributed by atoms with E-state index in [2.05, 4.69) is 13.8 Å². The molecular formula is C14H25NO2. The van der Waals surface area contributed by atoms with Gasteiger partial charge in [-0.3, -0.25) is 4.79 Å². The summed E-state index contributed by atoms with van der Waals surface area (Å²) in [6.07, 6.45) is 6.46. The van der Waals surface area contributed by atoms with Crippen molar-refractivity contribution in [3.05, 3.63) is 0 Å². The number of nitrogens with zero attached hydrogens (tertiary/aromatic N) is 1. The van der Waals surface area contributed by atoms with Crippen molar-refractivity contribution in [1.82, 2.24) is 4.90 Å². The molecular weight excluding hydrogens is 214 g/mol. The predicted octanol–water partition coefficient (Wildman–Crippen LogP) is 2.19. The van der Waals surface area contributed by atoms with Crippen molar-refractivity contribution in [3.63, 3.8) is 0 Å². The van der Waals surface area contributed by atoms with Gasteiger partial charge in [0.15, 0.2) is 0 Å². The molecule has 2 rings (SSSR count). The number of amides is 1. The predicted molar refractivity (Wildman–Crippen MR) is 67.6 cm³/mol. The van der Waals surface area contributed by atoms with Gasteiger partial charge in [-0.15, -0.1) is 0 Å². The fourth-order valence-corrected chi connectivity index (χ4v) is 3.61. The summed E-state index contributed by atoms with van der Waals surface area (Å²) >= 11 is 0. The average molecular weight is 239 g/mol. The minimum atomic E-state index is -0.0997. The van der Waals surface area contributed by atoms with E-state index in [-0.39, 0.29) is 18.1 Å². The zero-order valence-corrected chi connectivity index (χ0v) is 11.1. The smallest absolute Gasteiger partial charge is 0.229 e. The van der Waals surface area contributed by atoms with Gasteiger partial charge >= 0.3 is 0 Å². The van der Waals surface area contributed by atoms with Gasteiger partial charge < -0.3 is 10.0 Å². The van der Waals surface area contributed by atoms with Crippen molar-refractivity contribution in [2.75, 3.05) is 13.2 Å². The van der Waals surface area contributed by atoms with Crippen molar-refractivity contribution in [2.24, 2.45) is 11.3 Å². The van der Waals surface area contributed by atoms with Crippen LogP contribution in [-0.2, 0) is 4.79 Å². The highest BCUT2D eigenvalue weighted by Gasteiger charge is 2.45. The van der Waals surface area contributed by atoms with Crippen LogP contribution in [0, 0.1) is 11.3 Å². The quantitative estimate of drug-likeness (QED) is 0.820. The van der Waals surface area contributed by atoms with Crippen molar-refractivity contribution >= 4 is 5.91 Å². The molecule has 2 atom stereocenters. The molecule has 3 heteroatoms. The highest BCUT2D eigenvalue weighted by Crippen LogP contribution is 2.44. The second-order valence-electron chi connectivity index (χ2n) is 5.86. The lowest BCUT2D eigenvalue weighted by Gasteiger charge is -2.35. The number of hydrogen-bond donors (Lipinski definition) is 1. The van der Waals surface area contributed by atoms with E-state index in [1.54, 1.807) is 0 Å². The normalized spacial score (nSPS) is 32.1. The molecule has 1 aliphatic carbocycles. The molecule has 0 radical (unpaired) electrons. The second kappa shape index (κ2) is 4.97. The molecule has 0 bridgehead atoms. The summed E-state index contributed by atoms with van der Waals surface area (Å²) in [5.74, 6) is 0.764. The van der Waals surface area contributed by atoms with Gasteiger partial charge in [0, 0.05) is 12.0 Å². The van der Waals surface area contributed by atoms with Crippen LogP contribution in [-0.4, -0.2) is 35.1 Å². The monoisotopic (exact) mass is 239 g/mol. The van der Waals surface area contributed by atoms with E-state index in [9.17, 15) is 9.90 Å². The highest BCUT2D eigenvalue weighted by atomic mass is 16.3. The summed E-state index contributed by atoms with van der Waals surface area (Å²) in [4.78, 5) is 14.7. The first-order chi connectivity index (χ1) is 8.14. The number of carbonyl (C=O) groups is 1. The van der Waals surface area contributed by atoms with E-state index in [4.69, 9.17) is 0 Å². The van der Waals surface area contributed by atoms with E-state index in [1.165, 1.54) is 12.8 Å². The summed E-state index contributed by atoms with van der Waals surface area (Å²) in [7, 11) is 0. The molecule has 1 amide bonds. The maximum atomic E-state index is 12.7. The maximum Gasteiger partial charge on any atom is 0.229 e. The standard InChI is InChI=1S/C14H25NO2/c1-3-14(7-4-5-8-14)13(17)15-9-6-11(2)12(15)10-16/h11-12,16H,3-10H2,1-2H3. The lowest BCUT2D eigenvalue weighted by molar-refractivity contribution is -0.144. The van der Waals surface area contributed by atoms with Crippen LogP contribution >= 0.6 is 0 Å². The molecule has 0 aromatic carbocycles. The molecule has 17 heavy (non-hydrogen) atoms. The molecule has 1 saturated carbocycles.